The number of carbonyl (C=O) groups is 1. The van der Waals surface area contributed by atoms with Crippen LogP contribution >= 0.6 is 11.8 Å². The second-order valence-electron chi connectivity index (χ2n) is 8.39. The molecule has 9 nitrogen and oxygen atoms in total. The van der Waals surface area contributed by atoms with Gasteiger partial charge in [0.1, 0.15) is 0 Å². The molecule has 2 aliphatic rings. The summed E-state index contributed by atoms with van der Waals surface area (Å²) < 4.78 is 7.18. The largest absolute Gasteiger partial charge is 0.379 e. The summed E-state index contributed by atoms with van der Waals surface area (Å²) in [6, 6.07) is 7.97. The summed E-state index contributed by atoms with van der Waals surface area (Å²) in [5, 5.41) is 11.7. The van der Waals surface area contributed by atoms with Gasteiger partial charge in [-0.3, -0.25) is 9.69 Å². The van der Waals surface area contributed by atoms with Crippen LogP contribution in [0, 0.1) is 0 Å². The summed E-state index contributed by atoms with van der Waals surface area (Å²) in [5.41, 5.74) is 3.31. The van der Waals surface area contributed by atoms with Crippen LogP contribution in [-0.4, -0.2) is 82.1 Å². The molecule has 1 aromatic carbocycles. The highest BCUT2D eigenvalue weighted by molar-refractivity contribution is 7.98. The van der Waals surface area contributed by atoms with Crippen LogP contribution in [0.1, 0.15) is 29.6 Å². The average Bonchev–Trinajstić information content (AvgIpc) is 3.57. The first kappa shape index (κ1) is 22.1. The van der Waals surface area contributed by atoms with E-state index in [0.717, 1.165) is 75.4 Å². The van der Waals surface area contributed by atoms with E-state index in [9.17, 15) is 4.79 Å². The number of anilines is 1. The van der Waals surface area contributed by atoms with Crippen molar-refractivity contribution in [3.63, 3.8) is 0 Å². The number of ether oxygens (including phenoxy) is 1. The maximum atomic E-state index is 12.3. The summed E-state index contributed by atoms with van der Waals surface area (Å²) in [4.78, 5) is 24.1. The molecule has 2 fully saturated rings. The Morgan fingerprint density at radius 1 is 1.18 bits per heavy atom. The zero-order chi connectivity index (χ0) is 22.6. The Kier molecular flexibility index (Phi) is 6.75. The second-order valence-corrected chi connectivity index (χ2v) is 9.16. The van der Waals surface area contributed by atoms with Crippen molar-refractivity contribution in [1.82, 2.24) is 29.8 Å². The van der Waals surface area contributed by atoms with Gasteiger partial charge < -0.3 is 15.4 Å². The number of nitrogens with one attached hydrogen (secondary N) is 2. The Labute approximate surface area is 197 Å². The fraction of sp³-hybridized carbons (Fsp3) is 0.478. The molecule has 1 saturated carbocycles. The van der Waals surface area contributed by atoms with Crippen molar-refractivity contribution >= 4 is 29.3 Å². The van der Waals surface area contributed by atoms with E-state index < -0.39 is 0 Å². The quantitative estimate of drug-likeness (QED) is 0.366. The third kappa shape index (κ3) is 5.29. The first-order valence-electron chi connectivity index (χ1n) is 11.5. The fourth-order valence-corrected chi connectivity index (χ4v) is 4.25. The van der Waals surface area contributed by atoms with Gasteiger partial charge >= 0.3 is 0 Å². The summed E-state index contributed by atoms with van der Waals surface area (Å²) in [6.45, 7) is 5.47. The van der Waals surface area contributed by atoms with E-state index in [0.29, 0.717) is 22.7 Å². The zero-order valence-electron chi connectivity index (χ0n) is 18.8. The minimum atomic E-state index is -0.0144. The number of morpholine rings is 1. The molecule has 0 spiro atoms. The third-order valence-corrected chi connectivity index (χ3v) is 6.49. The molecule has 1 saturated heterocycles. The molecule has 0 atom stereocenters. The van der Waals surface area contributed by atoms with Crippen LogP contribution in [0.25, 0.3) is 16.8 Å². The minimum absolute atomic E-state index is 0.0144. The van der Waals surface area contributed by atoms with Gasteiger partial charge in [0.05, 0.1) is 19.4 Å². The third-order valence-electron chi connectivity index (χ3n) is 5.94. The van der Waals surface area contributed by atoms with Gasteiger partial charge in [0.15, 0.2) is 10.8 Å². The molecule has 2 aromatic heterocycles. The molecule has 1 amide bonds. The number of carbonyl (C=O) groups excluding carboxylic acids is 1. The van der Waals surface area contributed by atoms with Crippen molar-refractivity contribution in [1.29, 1.82) is 0 Å². The number of rotatable bonds is 9. The molecule has 174 valence electrons. The van der Waals surface area contributed by atoms with Crippen molar-refractivity contribution in [3.8, 4) is 11.1 Å². The van der Waals surface area contributed by atoms with Gasteiger partial charge in [-0.25, -0.2) is 4.98 Å². The number of benzene rings is 1. The van der Waals surface area contributed by atoms with Gasteiger partial charge in [-0.2, -0.15) is 14.6 Å². The molecule has 33 heavy (non-hydrogen) atoms. The minimum Gasteiger partial charge on any atom is -0.379 e. The monoisotopic (exact) mass is 467 g/mol. The van der Waals surface area contributed by atoms with Crippen molar-refractivity contribution in [2.24, 2.45) is 0 Å². The lowest BCUT2D eigenvalue weighted by Gasteiger charge is -2.26. The predicted octanol–water partition coefficient (Wildman–Crippen LogP) is 2.54. The Hall–Kier alpha value is -2.69. The molecule has 0 radical (unpaired) electrons. The lowest BCUT2D eigenvalue weighted by molar-refractivity contribution is 0.0378. The molecule has 5 rings (SSSR count). The first-order chi connectivity index (χ1) is 16.2. The number of hydrogen-bond acceptors (Lipinski definition) is 8. The smallest absolute Gasteiger partial charge is 0.251 e. The molecular formula is C23H29N7O2S. The number of aromatic nitrogens is 4. The number of thioether (sulfide) groups is 1. The van der Waals surface area contributed by atoms with Crippen molar-refractivity contribution in [2.75, 3.05) is 51.0 Å². The van der Waals surface area contributed by atoms with Gasteiger partial charge in [0.25, 0.3) is 5.91 Å². The Bertz CT molecular complexity index is 1110. The first-order valence-corrected chi connectivity index (χ1v) is 12.7. The van der Waals surface area contributed by atoms with E-state index in [1.54, 1.807) is 4.52 Å². The van der Waals surface area contributed by atoms with E-state index in [2.05, 4.69) is 25.6 Å². The predicted molar refractivity (Wildman–Crippen MR) is 129 cm³/mol. The second kappa shape index (κ2) is 10.1. The van der Waals surface area contributed by atoms with Gasteiger partial charge in [0.2, 0.25) is 5.95 Å². The van der Waals surface area contributed by atoms with Crippen molar-refractivity contribution in [3.05, 3.63) is 36.0 Å². The zero-order valence-corrected chi connectivity index (χ0v) is 19.6. The molecule has 3 aromatic rings. The number of amides is 1. The SMILES string of the molecule is CSc1nc(NCCCN2CCOCC2)n2ncc(-c3ccc(C(=O)NC4CC4)cc3)c2n1. The molecular weight excluding hydrogens is 438 g/mol. The van der Waals surface area contributed by atoms with Crippen molar-refractivity contribution < 1.29 is 9.53 Å². The Morgan fingerprint density at radius 2 is 1.97 bits per heavy atom. The average molecular weight is 468 g/mol. The van der Waals surface area contributed by atoms with Crippen LogP contribution in [0.15, 0.2) is 35.6 Å². The van der Waals surface area contributed by atoms with Gasteiger partial charge in [-0.15, -0.1) is 0 Å². The highest BCUT2D eigenvalue weighted by Crippen LogP contribution is 2.27. The van der Waals surface area contributed by atoms with Crippen LogP contribution in [0.2, 0.25) is 0 Å². The van der Waals surface area contributed by atoms with E-state index in [1.165, 1.54) is 11.8 Å². The molecule has 0 unspecified atom stereocenters. The van der Waals surface area contributed by atoms with Crippen molar-refractivity contribution in [2.45, 2.75) is 30.5 Å². The van der Waals surface area contributed by atoms with E-state index in [4.69, 9.17) is 9.72 Å². The van der Waals surface area contributed by atoms with E-state index in [1.807, 2.05) is 36.7 Å². The van der Waals surface area contributed by atoms with Crippen LogP contribution in [0.5, 0.6) is 0 Å². The molecule has 10 heteroatoms. The number of nitrogens with zero attached hydrogens (tertiary/aromatic N) is 5. The van der Waals surface area contributed by atoms with E-state index in [-0.39, 0.29) is 5.91 Å². The maximum absolute atomic E-state index is 12.3. The van der Waals surface area contributed by atoms with Crippen LogP contribution in [-0.2, 0) is 4.74 Å². The van der Waals surface area contributed by atoms with Gasteiger partial charge in [-0.1, -0.05) is 23.9 Å². The lowest BCUT2D eigenvalue weighted by atomic mass is 10.1. The number of fused-ring (bicyclic) bond motifs is 1. The van der Waals surface area contributed by atoms with Gasteiger partial charge in [0, 0.05) is 36.8 Å². The number of hydrogen-bond donors (Lipinski definition) is 2. The van der Waals surface area contributed by atoms with Crippen LogP contribution in [0.4, 0.5) is 5.95 Å². The topological polar surface area (TPSA) is 96.7 Å². The molecule has 2 N–H and O–H groups in total. The summed E-state index contributed by atoms with van der Waals surface area (Å²) in [7, 11) is 0. The summed E-state index contributed by atoms with van der Waals surface area (Å²) in [5.74, 6) is 0.678. The Morgan fingerprint density at radius 3 is 2.70 bits per heavy atom. The molecule has 1 aliphatic carbocycles. The van der Waals surface area contributed by atoms with E-state index >= 15 is 0 Å². The molecule has 1 aliphatic heterocycles. The van der Waals surface area contributed by atoms with Gasteiger partial charge in [-0.05, 0) is 49.8 Å². The fourth-order valence-electron chi connectivity index (χ4n) is 3.89. The van der Waals surface area contributed by atoms with Crippen LogP contribution < -0.4 is 10.6 Å². The highest BCUT2D eigenvalue weighted by atomic mass is 32.2. The summed E-state index contributed by atoms with van der Waals surface area (Å²) >= 11 is 1.51. The highest BCUT2D eigenvalue weighted by Gasteiger charge is 2.24. The summed E-state index contributed by atoms with van der Waals surface area (Å²) in [6.07, 6.45) is 6.95. The maximum Gasteiger partial charge on any atom is 0.251 e. The molecule has 0 bridgehead atoms. The van der Waals surface area contributed by atoms with Crippen LogP contribution in [0.3, 0.4) is 0 Å². The normalized spacial score (nSPS) is 16.8. The lowest BCUT2D eigenvalue weighted by Crippen LogP contribution is -2.37. The molecule has 3 heterocycles. The standard InChI is InChI=1S/C23H29N7O2S/c1-33-23-27-20-19(16-3-5-17(6-4-16)21(31)26-18-7-8-18)15-25-30(20)22(28-23)24-9-2-10-29-11-13-32-14-12-29/h3-6,15,18H,2,7-14H2,1H3,(H,26,31)(H,24,27,28). The Balaban J connectivity index is 1.31.